The second-order valence-electron chi connectivity index (χ2n) is 7.62. The van der Waals surface area contributed by atoms with E-state index in [1.54, 1.807) is 4.90 Å². The highest BCUT2D eigenvalue weighted by atomic mass is 19.4. The van der Waals surface area contributed by atoms with Gasteiger partial charge < -0.3 is 19.7 Å². The van der Waals surface area contributed by atoms with Crippen LogP contribution in [0.2, 0.25) is 0 Å². The van der Waals surface area contributed by atoms with Crippen LogP contribution in [-0.4, -0.2) is 58.7 Å². The van der Waals surface area contributed by atoms with Crippen molar-refractivity contribution < 1.29 is 32.2 Å². The van der Waals surface area contributed by atoms with Crippen LogP contribution in [0.4, 0.5) is 18.0 Å². The molecule has 1 saturated carbocycles. The maximum atomic E-state index is 12.7. The van der Waals surface area contributed by atoms with Crippen molar-refractivity contribution >= 4 is 12.0 Å². The number of likely N-dealkylation sites (tertiary alicyclic amines) is 1. The quantitative estimate of drug-likeness (QED) is 0.810. The molecule has 1 atom stereocenters. The van der Waals surface area contributed by atoms with Gasteiger partial charge in [0.1, 0.15) is 12.7 Å². The number of rotatable bonds is 5. The maximum absolute atomic E-state index is 12.7. The van der Waals surface area contributed by atoms with Crippen molar-refractivity contribution in [1.82, 2.24) is 20.2 Å². The van der Waals surface area contributed by atoms with E-state index in [1.165, 1.54) is 6.20 Å². The summed E-state index contributed by atoms with van der Waals surface area (Å²) < 4.78 is 48.3. The van der Waals surface area contributed by atoms with Crippen LogP contribution < -0.4 is 10.1 Å². The number of halogens is 3. The van der Waals surface area contributed by atoms with E-state index in [0.717, 1.165) is 0 Å². The van der Waals surface area contributed by atoms with Crippen molar-refractivity contribution in [3.8, 4) is 5.88 Å². The second-order valence-corrected chi connectivity index (χ2v) is 7.62. The zero-order valence-corrected chi connectivity index (χ0v) is 14.9. The van der Waals surface area contributed by atoms with Gasteiger partial charge in [-0.15, -0.1) is 0 Å². The highest BCUT2D eigenvalue weighted by molar-refractivity contribution is 5.77. The largest absolute Gasteiger partial charge is 0.473 e. The normalized spacial score (nSPS) is 23.6. The molecule has 0 bridgehead atoms. The number of nitrogens with one attached hydrogen (secondary N) is 1. The number of aromatic nitrogens is 2. The lowest BCUT2D eigenvalue weighted by molar-refractivity contribution is -0.160. The second kappa shape index (κ2) is 6.78. The lowest BCUT2D eigenvalue weighted by Gasteiger charge is -2.58. The molecule has 1 aromatic rings. The molecule has 2 aliphatic heterocycles. The molecule has 3 aliphatic rings. The predicted octanol–water partition coefficient (Wildman–Crippen LogP) is 1.75. The topological polar surface area (TPSA) is 93.7 Å². The zero-order valence-electron chi connectivity index (χ0n) is 14.9. The highest BCUT2D eigenvalue weighted by Gasteiger charge is 2.54. The van der Waals surface area contributed by atoms with Crippen LogP contribution in [0.3, 0.4) is 0 Å². The monoisotopic (exact) mass is 400 g/mol. The highest BCUT2D eigenvalue weighted by Crippen LogP contribution is 2.49. The third kappa shape index (κ3) is 3.83. The summed E-state index contributed by atoms with van der Waals surface area (Å²) in [6.45, 7) is 1.52. The van der Waals surface area contributed by atoms with Gasteiger partial charge in [-0.05, 0) is 19.3 Å². The molecule has 0 radical (unpaired) electrons. The minimum atomic E-state index is -4.56. The van der Waals surface area contributed by atoms with Crippen LogP contribution in [0.1, 0.15) is 31.4 Å². The third-order valence-electron chi connectivity index (χ3n) is 5.36. The van der Waals surface area contributed by atoms with Crippen LogP contribution in [0.5, 0.6) is 5.88 Å². The third-order valence-corrected chi connectivity index (χ3v) is 5.36. The van der Waals surface area contributed by atoms with Crippen molar-refractivity contribution in [3.63, 3.8) is 0 Å². The molecule has 3 heterocycles. The van der Waals surface area contributed by atoms with Gasteiger partial charge in [-0.3, -0.25) is 9.78 Å². The van der Waals surface area contributed by atoms with Gasteiger partial charge in [-0.1, -0.05) is 0 Å². The van der Waals surface area contributed by atoms with E-state index < -0.39 is 18.0 Å². The van der Waals surface area contributed by atoms with Gasteiger partial charge >= 0.3 is 12.3 Å². The van der Waals surface area contributed by atoms with Crippen LogP contribution in [0, 0.1) is 5.41 Å². The van der Waals surface area contributed by atoms with Gasteiger partial charge in [-0.2, -0.15) is 13.2 Å². The minimum Gasteiger partial charge on any atom is -0.473 e. The first-order valence-electron chi connectivity index (χ1n) is 8.99. The summed E-state index contributed by atoms with van der Waals surface area (Å²) in [7, 11) is 0. The Labute approximate surface area is 158 Å². The van der Waals surface area contributed by atoms with Crippen LogP contribution in [-0.2, 0) is 15.7 Å². The van der Waals surface area contributed by atoms with Gasteiger partial charge in [0.2, 0.25) is 11.8 Å². The van der Waals surface area contributed by atoms with Crippen molar-refractivity contribution in [2.45, 2.75) is 44.0 Å². The van der Waals surface area contributed by atoms with E-state index >= 15 is 0 Å². The molecule has 1 N–H and O–H groups in total. The fourth-order valence-electron chi connectivity index (χ4n) is 3.94. The molecule has 152 valence electrons. The fourth-order valence-corrected chi connectivity index (χ4v) is 3.94. The molecule has 8 nitrogen and oxygen atoms in total. The minimum absolute atomic E-state index is 0.0138. The molecular weight excluding hydrogens is 381 g/mol. The molecule has 1 aliphatic carbocycles. The first-order chi connectivity index (χ1) is 13.2. The Balaban J connectivity index is 1.19. The Morgan fingerprint density at radius 2 is 2.11 bits per heavy atom. The van der Waals surface area contributed by atoms with E-state index in [0.29, 0.717) is 45.0 Å². The smallest absolute Gasteiger partial charge is 0.435 e. The van der Waals surface area contributed by atoms with Crippen LogP contribution in [0.25, 0.3) is 0 Å². The maximum Gasteiger partial charge on any atom is 0.435 e. The Bertz CT molecular complexity index is 774. The molecule has 11 heteroatoms. The van der Waals surface area contributed by atoms with Gasteiger partial charge in [-0.25, -0.2) is 9.78 Å². The summed E-state index contributed by atoms with van der Waals surface area (Å²) in [5.74, 6) is -0.109. The average molecular weight is 400 g/mol. The van der Waals surface area contributed by atoms with Crippen molar-refractivity contribution in [1.29, 1.82) is 0 Å². The first-order valence-corrected chi connectivity index (χ1v) is 8.99. The molecule has 1 spiro atoms. The number of carbonyl (C=O) groups is 2. The number of carbonyl (C=O) groups excluding carboxylic acids is 2. The number of ether oxygens (including phenoxy) is 2. The van der Waals surface area contributed by atoms with Crippen molar-refractivity contribution in [3.05, 3.63) is 18.1 Å². The summed E-state index contributed by atoms with van der Waals surface area (Å²) >= 11 is 0. The lowest BCUT2D eigenvalue weighted by Crippen LogP contribution is -2.65. The zero-order chi connectivity index (χ0) is 19.9. The number of cyclic esters (lactones) is 1. The number of nitrogens with zero attached hydrogens (tertiary/aromatic N) is 3. The van der Waals surface area contributed by atoms with Gasteiger partial charge in [0.05, 0.1) is 18.4 Å². The molecule has 0 unspecified atom stereocenters. The standard InChI is InChI=1S/C17H19F3N4O4/c18-17(19,20)12-5-21-6-13(23-12)28-11-3-16(4-11)8-24(9-16)14(25)2-1-10-7-27-15(26)22-10/h5-6,10-11H,1-4,7-9H2,(H,22,26)/t10-/m1/s1. The summed E-state index contributed by atoms with van der Waals surface area (Å²) in [5.41, 5.74) is -1.09. The summed E-state index contributed by atoms with van der Waals surface area (Å²) in [5, 5.41) is 2.64. The molecule has 4 rings (SSSR count). The fraction of sp³-hybridized carbons (Fsp3) is 0.647. The van der Waals surface area contributed by atoms with Crippen molar-refractivity contribution in [2.75, 3.05) is 19.7 Å². The van der Waals surface area contributed by atoms with Crippen LogP contribution in [0.15, 0.2) is 12.4 Å². The number of alkyl halides is 3. The van der Waals surface area contributed by atoms with Crippen molar-refractivity contribution in [2.24, 2.45) is 5.41 Å². The predicted molar refractivity (Wildman–Crippen MR) is 87.2 cm³/mol. The number of alkyl carbamates (subject to hydrolysis) is 1. The number of hydrogen-bond acceptors (Lipinski definition) is 6. The average Bonchev–Trinajstić information content (AvgIpc) is 2.98. The molecular formula is C17H19F3N4O4. The van der Waals surface area contributed by atoms with Gasteiger partial charge in [0, 0.05) is 24.9 Å². The number of amides is 2. The van der Waals surface area contributed by atoms with E-state index in [-0.39, 0.29) is 36.0 Å². The molecule has 3 fully saturated rings. The molecule has 28 heavy (non-hydrogen) atoms. The van der Waals surface area contributed by atoms with E-state index in [4.69, 9.17) is 9.47 Å². The lowest BCUT2D eigenvalue weighted by atomic mass is 9.61. The number of hydrogen-bond donors (Lipinski definition) is 1. The van der Waals surface area contributed by atoms with E-state index in [1.807, 2.05) is 0 Å². The van der Waals surface area contributed by atoms with Crippen LogP contribution >= 0.6 is 0 Å². The molecule has 1 aromatic heterocycles. The Morgan fingerprint density at radius 1 is 1.36 bits per heavy atom. The summed E-state index contributed by atoms with van der Waals surface area (Å²) in [4.78, 5) is 31.9. The molecule has 2 amide bonds. The summed E-state index contributed by atoms with van der Waals surface area (Å²) in [6.07, 6.45) is -1.20. The van der Waals surface area contributed by atoms with Gasteiger partial charge in [0.15, 0.2) is 5.69 Å². The Morgan fingerprint density at radius 3 is 2.75 bits per heavy atom. The van der Waals surface area contributed by atoms with E-state index in [2.05, 4.69) is 15.3 Å². The first kappa shape index (κ1) is 18.8. The summed E-state index contributed by atoms with van der Waals surface area (Å²) in [6, 6.07) is -0.123. The Hall–Kier alpha value is -2.59. The molecule has 0 aromatic carbocycles. The Kier molecular flexibility index (Phi) is 4.54. The molecule has 2 saturated heterocycles. The SMILES string of the molecule is O=C1N[C@H](CCC(=O)N2CC3(CC(Oc4cncc(C(F)(F)F)n4)C3)C2)CO1. The van der Waals surface area contributed by atoms with E-state index in [9.17, 15) is 22.8 Å². The van der Waals surface area contributed by atoms with Gasteiger partial charge in [0.25, 0.3) is 0 Å².